The number of carbonyl (C=O) groups excluding carboxylic acids is 2. The molecule has 0 spiro atoms. The molecule has 0 bridgehead atoms. The number of rotatable bonds is 4. The Morgan fingerprint density at radius 3 is 1.53 bits per heavy atom. The zero-order valence-electron chi connectivity index (χ0n) is 9.46. The fourth-order valence-corrected chi connectivity index (χ4v) is 1.70. The lowest BCUT2D eigenvalue weighted by Crippen LogP contribution is -2.34. The Labute approximate surface area is 88.6 Å². The van der Waals surface area contributed by atoms with Crippen molar-refractivity contribution in [2.75, 3.05) is 0 Å². The second-order valence-electron chi connectivity index (χ2n) is 4.29. The summed E-state index contributed by atoms with van der Waals surface area (Å²) in [6, 6.07) is 0. The predicted octanol–water partition coefficient (Wildman–Crippen LogP) is 1.36. The van der Waals surface area contributed by atoms with E-state index >= 15 is 0 Å². The molecule has 1 heterocycles. The van der Waals surface area contributed by atoms with Crippen LogP contribution in [0.25, 0.3) is 0 Å². The quantitative estimate of drug-likeness (QED) is 0.664. The zero-order valence-corrected chi connectivity index (χ0v) is 9.46. The summed E-state index contributed by atoms with van der Waals surface area (Å²) < 4.78 is 5.47. The van der Waals surface area contributed by atoms with Crippen molar-refractivity contribution < 1.29 is 24.1 Å². The highest BCUT2D eigenvalue weighted by atomic mass is 17.3. The van der Waals surface area contributed by atoms with Gasteiger partial charge in [0.2, 0.25) is 11.6 Å². The molecule has 0 aromatic heterocycles. The molecular formula is C10H16O5. The second kappa shape index (κ2) is 4.00. The average Bonchev–Trinajstić information content (AvgIpc) is 2.22. The first-order valence-electron chi connectivity index (χ1n) is 4.81. The number of ketones is 2. The van der Waals surface area contributed by atoms with E-state index in [0.29, 0.717) is 0 Å². The fourth-order valence-electron chi connectivity index (χ4n) is 1.70. The third kappa shape index (κ3) is 3.37. The first-order valence-corrected chi connectivity index (χ1v) is 4.81. The van der Waals surface area contributed by atoms with Gasteiger partial charge in [0.1, 0.15) is 11.6 Å². The Kier molecular flexibility index (Phi) is 3.28. The van der Waals surface area contributed by atoms with Gasteiger partial charge in [-0.15, -0.1) is 0 Å². The van der Waals surface area contributed by atoms with Gasteiger partial charge in [-0.1, -0.05) is 0 Å². The molecule has 86 valence electrons. The van der Waals surface area contributed by atoms with Crippen molar-refractivity contribution in [3.8, 4) is 0 Å². The van der Waals surface area contributed by atoms with Crippen LogP contribution in [0.5, 0.6) is 0 Å². The number of hydrogen-bond acceptors (Lipinski definition) is 5. The molecule has 0 aromatic rings. The van der Waals surface area contributed by atoms with Gasteiger partial charge >= 0.3 is 0 Å². The van der Waals surface area contributed by atoms with Crippen LogP contribution in [0, 0.1) is 0 Å². The highest BCUT2D eigenvalue weighted by Gasteiger charge is 2.48. The summed E-state index contributed by atoms with van der Waals surface area (Å²) in [5.74, 6) is -2.30. The van der Waals surface area contributed by atoms with Crippen LogP contribution in [0.1, 0.15) is 40.5 Å². The van der Waals surface area contributed by atoms with E-state index in [1.807, 2.05) is 0 Å². The Bertz CT molecular complexity index is 260. The molecule has 0 saturated carbocycles. The molecule has 5 heteroatoms. The SMILES string of the molecule is CC(=O)C[C@@]1(C)OO[C@@](C)(CC(C)=O)O1. The molecule has 1 aliphatic heterocycles. The van der Waals surface area contributed by atoms with Gasteiger partial charge in [0, 0.05) is 0 Å². The van der Waals surface area contributed by atoms with E-state index in [1.165, 1.54) is 13.8 Å². The van der Waals surface area contributed by atoms with Crippen molar-refractivity contribution in [1.82, 2.24) is 0 Å². The van der Waals surface area contributed by atoms with Crippen molar-refractivity contribution in [3.63, 3.8) is 0 Å². The van der Waals surface area contributed by atoms with Crippen LogP contribution >= 0.6 is 0 Å². The lowest BCUT2D eigenvalue weighted by molar-refractivity contribution is -0.343. The first-order chi connectivity index (χ1) is 6.75. The first kappa shape index (κ1) is 12.3. The Morgan fingerprint density at radius 2 is 1.27 bits per heavy atom. The molecule has 15 heavy (non-hydrogen) atoms. The van der Waals surface area contributed by atoms with Gasteiger partial charge in [-0.3, -0.25) is 9.59 Å². The van der Waals surface area contributed by atoms with Crippen LogP contribution in [0.15, 0.2) is 0 Å². The normalized spacial score (nSPS) is 35.5. The summed E-state index contributed by atoms with van der Waals surface area (Å²) in [4.78, 5) is 31.9. The fraction of sp³-hybridized carbons (Fsp3) is 0.800. The Balaban J connectivity index is 2.64. The minimum Gasteiger partial charge on any atom is -0.312 e. The number of Topliss-reactive ketones (excluding diaryl/α,β-unsaturated/α-hetero) is 2. The number of ether oxygens (including phenoxy) is 1. The van der Waals surface area contributed by atoms with Gasteiger partial charge in [-0.25, -0.2) is 0 Å². The smallest absolute Gasteiger partial charge is 0.208 e. The largest absolute Gasteiger partial charge is 0.312 e. The van der Waals surface area contributed by atoms with Gasteiger partial charge < -0.3 is 4.74 Å². The summed E-state index contributed by atoms with van der Waals surface area (Å²) in [7, 11) is 0. The van der Waals surface area contributed by atoms with Crippen LogP contribution in [0.2, 0.25) is 0 Å². The predicted molar refractivity (Wildman–Crippen MR) is 50.7 cm³/mol. The highest BCUT2D eigenvalue weighted by Crippen LogP contribution is 2.36. The van der Waals surface area contributed by atoms with Crippen LogP contribution < -0.4 is 0 Å². The summed E-state index contributed by atoms with van der Waals surface area (Å²) in [6.07, 6.45) is 0.195. The van der Waals surface area contributed by atoms with Crippen LogP contribution in [0.4, 0.5) is 0 Å². The van der Waals surface area contributed by atoms with Crippen molar-refractivity contribution in [2.45, 2.75) is 52.1 Å². The van der Waals surface area contributed by atoms with E-state index in [-0.39, 0.29) is 24.4 Å². The summed E-state index contributed by atoms with van der Waals surface area (Å²) in [5.41, 5.74) is 0. The summed E-state index contributed by atoms with van der Waals surface area (Å²) in [5, 5.41) is 0. The van der Waals surface area contributed by atoms with E-state index < -0.39 is 11.6 Å². The molecule has 5 nitrogen and oxygen atoms in total. The van der Waals surface area contributed by atoms with Crippen molar-refractivity contribution in [2.24, 2.45) is 0 Å². The van der Waals surface area contributed by atoms with Gasteiger partial charge in [0.25, 0.3) is 0 Å². The van der Waals surface area contributed by atoms with Gasteiger partial charge in [-0.2, -0.15) is 9.78 Å². The molecule has 0 unspecified atom stereocenters. The van der Waals surface area contributed by atoms with Crippen molar-refractivity contribution in [1.29, 1.82) is 0 Å². The molecule has 0 N–H and O–H groups in total. The van der Waals surface area contributed by atoms with Crippen molar-refractivity contribution in [3.05, 3.63) is 0 Å². The molecule has 0 aromatic carbocycles. The van der Waals surface area contributed by atoms with Crippen LogP contribution in [-0.2, 0) is 24.1 Å². The Morgan fingerprint density at radius 1 is 0.933 bits per heavy atom. The van der Waals surface area contributed by atoms with Gasteiger partial charge in [-0.05, 0) is 27.7 Å². The lowest BCUT2D eigenvalue weighted by Gasteiger charge is -2.22. The van der Waals surface area contributed by atoms with E-state index in [1.54, 1.807) is 13.8 Å². The third-order valence-electron chi connectivity index (χ3n) is 1.97. The average molecular weight is 216 g/mol. The molecule has 1 saturated heterocycles. The van der Waals surface area contributed by atoms with E-state index in [2.05, 4.69) is 0 Å². The van der Waals surface area contributed by atoms with Crippen LogP contribution in [0.3, 0.4) is 0 Å². The van der Waals surface area contributed by atoms with Gasteiger partial charge in [0.05, 0.1) is 12.8 Å². The monoisotopic (exact) mass is 216 g/mol. The topological polar surface area (TPSA) is 61.8 Å². The molecular weight excluding hydrogens is 200 g/mol. The molecule has 0 amide bonds. The second-order valence-corrected chi connectivity index (χ2v) is 4.29. The Hall–Kier alpha value is -0.780. The molecule has 2 atom stereocenters. The minimum absolute atomic E-state index is 0.0619. The maximum absolute atomic E-state index is 11.0. The van der Waals surface area contributed by atoms with Gasteiger partial charge in [0.15, 0.2) is 0 Å². The van der Waals surface area contributed by atoms with E-state index in [9.17, 15) is 9.59 Å². The third-order valence-corrected chi connectivity index (χ3v) is 1.97. The number of carbonyl (C=O) groups is 2. The molecule has 0 radical (unpaired) electrons. The maximum atomic E-state index is 11.0. The lowest BCUT2D eigenvalue weighted by atomic mass is 10.1. The van der Waals surface area contributed by atoms with E-state index in [0.717, 1.165) is 0 Å². The van der Waals surface area contributed by atoms with Crippen molar-refractivity contribution >= 4 is 11.6 Å². The molecule has 0 aliphatic carbocycles. The number of hydrogen-bond donors (Lipinski definition) is 0. The molecule has 1 fully saturated rings. The summed E-state index contributed by atoms with van der Waals surface area (Å²) in [6.45, 7) is 6.11. The van der Waals surface area contributed by atoms with Crippen LogP contribution in [-0.4, -0.2) is 23.1 Å². The summed E-state index contributed by atoms with van der Waals surface area (Å²) >= 11 is 0. The molecule has 1 rings (SSSR count). The molecule has 1 aliphatic rings. The maximum Gasteiger partial charge on any atom is 0.208 e. The van der Waals surface area contributed by atoms with E-state index in [4.69, 9.17) is 14.5 Å². The standard InChI is InChI=1S/C10H16O5/c1-7(11)5-9(3)13-10(4,15-14-9)6-8(2)12/h5-6H2,1-4H3/t9-,10+. The minimum atomic E-state index is -1.09. The highest BCUT2D eigenvalue weighted by molar-refractivity contribution is 5.77. The zero-order chi connectivity index (χ0) is 11.7.